The number of carboxylic acids is 1. The zero-order valence-corrected chi connectivity index (χ0v) is 23.2. The minimum atomic E-state index is -3.87. The van der Waals surface area contributed by atoms with E-state index in [0.29, 0.717) is 33.6 Å². The molecule has 40 heavy (non-hydrogen) atoms. The molecule has 0 spiro atoms. The summed E-state index contributed by atoms with van der Waals surface area (Å²) in [6.07, 6.45) is -1.74. The zero-order chi connectivity index (χ0) is 29.0. The second-order valence-electron chi connectivity index (χ2n) is 9.71. The standard InChI is InChI=1S/C32H29FNO5P/c1-20(2)29-26(18-19-32(21(3)35,31(36)37)40(38)39)27(23-14-16-25(33)17-15-23)28(22-10-6-4-7-11-22)30(34-29)24-12-8-5-9-13-24/h4-17,20-21,35,40H,1-3H3,(H,36,37)(H,38,39). The van der Waals surface area contributed by atoms with Crippen molar-refractivity contribution >= 4 is 14.0 Å². The summed E-state index contributed by atoms with van der Waals surface area (Å²) in [5.74, 6) is 3.00. The first-order chi connectivity index (χ1) is 19.1. The number of rotatable bonds is 7. The summed E-state index contributed by atoms with van der Waals surface area (Å²) in [6.45, 7) is 4.94. The molecule has 0 radical (unpaired) electrons. The van der Waals surface area contributed by atoms with Crippen molar-refractivity contribution in [1.29, 1.82) is 0 Å². The van der Waals surface area contributed by atoms with Gasteiger partial charge in [-0.2, -0.15) is 0 Å². The van der Waals surface area contributed by atoms with Gasteiger partial charge in [-0.3, -0.25) is 9.55 Å². The average Bonchev–Trinajstić information content (AvgIpc) is 2.93. The Morgan fingerprint density at radius 2 is 1.40 bits per heavy atom. The van der Waals surface area contributed by atoms with E-state index in [1.165, 1.54) is 12.1 Å². The van der Waals surface area contributed by atoms with Crippen LogP contribution in [0, 0.1) is 17.7 Å². The maximum Gasteiger partial charge on any atom is 0.334 e. The molecule has 0 saturated carbocycles. The predicted molar refractivity (Wildman–Crippen MR) is 155 cm³/mol. The number of aromatic nitrogens is 1. The summed E-state index contributed by atoms with van der Waals surface area (Å²) >= 11 is 0. The average molecular weight is 558 g/mol. The van der Waals surface area contributed by atoms with Crippen molar-refractivity contribution < 1.29 is 28.9 Å². The minimum absolute atomic E-state index is 0.201. The number of aliphatic hydroxyl groups excluding tert-OH is 1. The van der Waals surface area contributed by atoms with Crippen LogP contribution in [0.3, 0.4) is 0 Å². The minimum Gasteiger partial charge on any atom is -0.480 e. The highest BCUT2D eigenvalue weighted by Crippen LogP contribution is 2.44. The van der Waals surface area contributed by atoms with Crippen LogP contribution in [0.1, 0.15) is 37.9 Å². The Morgan fingerprint density at radius 1 is 0.875 bits per heavy atom. The molecule has 6 nitrogen and oxygen atoms in total. The number of hydrogen-bond donors (Lipinski definition) is 3. The highest BCUT2D eigenvalue weighted by molar-refractivity contribution is 7.42. The molecule has 0 aliphatic rings. The molecule has 0 bridgehead atoms. The van der Waals surface area contributed by atoms with E-state index in [-0.39, 0.29) is 5.92 Å². The lowest BCUT2D eigenvalue weighted by atomic mass is 9.85. The number of aliphatic hydroxyl groups is 1. The molecule has 4 rings (SSSR count). The lowest BCUT2D eigenvalue weighted by Gasteiger charge is -2.24. The quantitative estimate of drug-likeness (QED) is 0.180. The first-order valence-electron chi connectivity index (χ1n) is 12.7. The molecule has 0 aliphatic heterocycles. The van der Waals surface area contributed by atoms with Gasteiger partial charge in [-0.15, -0.1) is 0 Å². The SMILES string of the molecule is CC(C)c1nc(-c2ccccc2)c(-c2ccccc2)c(-c2ccc(F)cc2)c1C#CC(C(=O)O)(C(C)O)[PH](=O)O. The summed E-state index contributed by atoms with van der Waals surface area (Å²) in [5, 5.41) is 17.6. The van der Waals surface area contributed by atoms with Crippen LogP contribution in [-0.4, -0.2) is 37.3 Å². The van der Waals surface area contributed by atoms with Crippen molar-refractivity contribution in [2.24, 2.45) is 0 Å². The van der Waals surface area contributed by atoms with E-state index in [1.807, 2.05) is 74.5 Å². The van der Waals surface area contributed by atoms with E-state index < -0.39 is 31.1 Å². The summed E-state index contributed by atoms with van der Waals surface area (Å²) in [7, 11) is -3.87. The van der Waals surface area contributed by atoms with E-state index in [2.05, 4.69) is 11.8 Å². The highest BCUT2D eigenvalue weighted by Gasteiger charge is 2.48. The fourth-order valence-corrected chi connectivity index (χ4v) is 5.28. The fourth-order valence-electron chi connectivity index (χ4n) is 4.57. The van der Waals surface area contributed by atoms with Gasteiger partial charge in [0.2, 0.25) is 13.2 Å². The van der Waals surface area contributed by atoms with E-state index in [4.69, 9.17) is 4.98 Å². The second kappa shape index (κ2) is 12.0. The van der Waals surface area contributed by atoms with Crippen LogP contribution >= 0.6 is 8.03 Å². The highest BCUT2D eigenvalue weighted by atomic mass is 31.1. The Hall–Kier alpha value is -4.08. The predicted octanol–water partition coefficient (Wildman–Crippen LogP) is 6.37. The normalized spacial score (nSPS) is 14.1. The number of benzene rings is 3. The zero-order valence-electron chi connectivity index (χ0n) is 22.2. The largest absolute Gasteiger partial charge is 0.480 e. The number of halogens is 1. The molecule has 0 amide bonds. The number of pyridine rings is 1. The van der Waals surface area contributed by atoms with Crippen LogP contribution in [-0.2, 0) is 9.36 Å². The molecule has 3 unspecified atom stereocenters. The first kappa shape index (κ1) is 28.9. The summed E-state index contributed by atoms with van der Waals surface area (Å²) in [5.41, 5.74) is 4.97. The molecule has 3 N–H and O–H groups in total. The van der Waals surface area contributed by atoms with Crippen LogP contribution in [0.4, 0.5) is 4.39 Å². The molecular formula is C32H29FNO5P. The van der Waals surface area contributed by atoms with Crippen molar-refractivity contribution in [3.8, 4) is 45.4 Å². The van der Waals surface area contributed by atoms with E-state index in [0.717, 1.165) is 18.1 Å². The maximum atomic E-state index is 14.1. The van der Waals surface area contributed by atoms with Gasteiger partial charge in [-0.1, -0.05) is 98.5 Å². The number of hydrogen-bond acceptors (Lipinski definition) is 4. The van der Waals surface area contributed by atoms with Gasteiger partial charge >= 0.3 is 5.97 Å². The van der Waals surface area contributed by atoms with Gasteiger partial charge in [-0.05, 0) is 36.1 Å². The van der Waals surface area contributed by atoms with Gasteiger partial charge in [0.05, 0.1) is 23.1 Å². The molecule has 0 saturated heterocycles. The molecule has 1 heterocycles. The Kier molecular flexibility index (Phi) is 8.66. The number of nitrogens with zero attached hydrogens (tertiary/aromatic N) is 1. The number of carbonyl (C=O) groups is 1. The van der Waals surface area contributed by atoms with Crippen LogP contribution in [0.15, 0.2) is 84.9 Å². The van der Waals surface area contributed by atoms with Crippen molar-refractivity contribution in [2.75, 3.05) is 0 Å². The first-order valence-corrected chi connectivity index (χ1v) is 14.1. The van der Waals surface area contributed by atoms with Gasteiger partial charge in [0, 0.05) is 16.7 Å². The van der Waals surface area contributed by atoms with Crippen LogP contribution in [0.5, 0.6) is 0 Å². The fraction of sp³-hybridized carbons (Fsp3) is 0.188. The molecule has 1 aromatic heterocycles. The van der Waals surface area contributed by atoms with E-state index in [9.17, 15) is 28.9 Å². The van der Waals surface area contributed by atoms with E-state index in [1.54, 1.807) is 12.1 Å². The van der Waals surface area contributed by atoms with Crippen LogP contribution < -0.4 is 0 Å². The van der Waals surface area contributed by atoms with Gasteiger partial charge in [-0.25, -0.2) is 9.18 Å². The molecule has 204 valence electrons. The lowest BCUT2D eigenvalue weighted by molar-refractivity contribution is -0.141. The number of aliphatic carboxylic acids is 1. The van der Waals surface area contributed by atoms with E-state index >= 15 is 0 Å². The smallest absolute Gasteiger partial charge is 0.334 e. The van der Waals surface area contributed by atoms with Crippen LogP contribution in [0.25, 0.3) is 33.5 Å². The monoisotopic (exact) mass is 557 g/mol. The van der Waals surface area contributed by atoms with Crippen molar-refractivity contribution in [1.82, 2.24) is 4.98 Å². The van der Waals surface area contributed by atoms with Gasteiger partial charge < -0.3 is 15.1 Å². The molecule has 3 aromatic carbocycles. The molecular weight excluding hydrogens is 528 g/mol. The van der Waals surface area contributed by atoms with Crippen molar-refractivity contribution in [2.45, 2.75) is 37.9 Å². The van der Waals surface area contributed by atoms with Gasteiger partial charge in [0.25, 0.3) is 0 Å². The lowest BCUT2D eigenvalue weighted by Crippen LogP contribution is -2.43. The van der Waals surface area contributed by atoms with Gasteiger partial charge in [0.1, 0.15) is 5.82 Å². The van der Waals surface area contributed by atoms with Crippen LogP contribution in [0.2, 0.25) is 0 Å². The molecule has 3 atom stereocenters. The third kappa shape index (κ3) is 5.48. The Bertz CT molecular complexity index is 1590. The number of carboxylic acid groups (broad SMARTS) is 1. The molecule has 0 aliphatic carbocycles. The third-order valence-electron chi connectivity index (χ3n) is 6.70. The van der Waals surface area contributed by atoms with Crippen molar-refractivity contribution in [3.63, 3.8) is 0 Å². The summed E-state index contributed by atoms with van der Waals surface area (Å²) in [4.78, 5) is 27.3. The molecule has 4 aromatic rings. The maximum absolute atomic E-state index is 14.1. The van der Waals surface area contributed by atoms with Gasteiger partial charge in [0.15, 0.2) is 0 Å². The summed E-state index contributed by atoms with van der Waals surface area (Å²) in [6, 6.07) is 24.9. The topological polar surface area (TPSA) is 108 Å². The molecule has 0 fully saturated rings. The summed E-state index contributed by atoms with van der Waals surface area (Å²) < 4.78 is 26.4. The Morgan fingerprint density at radius 3 is 1.88 bits per heavy atom. The molecule has 8 heteroatoms. The Labute approximate surface area is 233 Å². The third-order valence-corrected chi connectivity index (χ3v) is 8.13. The van der Waals surface area contributed by atoms with Crippen molar-refractivity contribution in [3.05, 3.63) is 102 Å². The second-order valence-corrected chi connectivity index (χ2v) is 11.1. The Balaban J connectivity index is 2.24.